The molecule has 0 aliphatic rings. The minimum Gasteiger partial charge on any atom is -0.388 e. The van der Waals surface area contributed by atoms with Crippen molar-refractivity contribution in [2.45, 2.75) is 69.2 Å². The Kier molecular flexibility index (Phi) is 107. The number of rotatable bonds is 0. The number of benzene rings is 3. The van der Waals surface area contributed by atoms with Crippen LogP contribution in [0.15, 0.2) is 103 Å². The summed E-state index contributed by atoms with van der Waals surface area (Å²) in [5.74, 6) is 0. The molecule has 0 heterocycles. The lowest BCUT2D eigenvalue weighted by atomic mass is 10.2. The van der Waals surface area contributed by atoms with Gasteiger partial charge in [0.2, 0.25) is 0 Å². The summed E-state index contributed by atoms with van der Waals surface area (Å²) in [6, 6.07) is 35.2. The quantitative estimate of drug-likeness (QED) is 0.307. The van der Waals surface area contributed by atoms with Crippen molar-refractivity contribution in [3.8, 4) is 6.07 Å². The van der Waals surface area contributed by atoms with Gasteiger partial charge in [-0.05, 0) is 12.1 Å². The summed E-state index contributed by atoms with van der Waals surface area (Å²) in [5, 5.41) is 8.29. The average Bonchev–Trinajstić information content (AvgIpc) is 3.02. The fourth-order valence-electron chi connectivity index (χ4n) is 1.28. The summed E-state index contributed by atoms with van der Waals surface area (Å²) in [5.41, 5.74) is 0.715. The van der Waals surface area contributed by atoms with Gasteiger partial charge in [-0.3, -0.25) is 0 Å². The fraction of sp³-hybridized carbons (Fsp3) is 0.424. The number of nitriles is 1. The van der Waals surface area contributed by atoms with Gasteiger partial charge in [0, 0.05) is 28.4 Å². The van der Waals surface area contributed by atoms with Gasteiger partial charge in [-0.25, -0.2) is 0 Å². The third-order valence-corrected chi connectivity index (χ3v) is 2.24. The highest BCUT2D eigenvalue weighted by molar-refractivity contribution is 5.27. The molecule has 3 aromatic rings. The molecule has 0 N–H and O–H groups in total. The lowest BCUT2D eigenvalue weighted by Gasteiger charge is -1.80. The van der Waals surface area contributed by atoms with Crippen molar-refractivity contribution < 1.29 is 9.47 Å². The summed E-state index contributed by atoms with van der Waals surface area (Å²) in [6.45, 7) is 20.0. The highest BCUT2D eigenvalue weighted by Gasteiger charge is 1.79. The number of ether oxygens (including phenoxy) is 2. The second kappa shape index (κ2) is 76.9. The minimum atomic E-state index is 0.715. The molecule has 3 rings (SSSR count). The van der Waals surface area contributed by atoms with Crippen molar-refractivity contribution in [3.05, 3.63) is 109 Å². The van der Waals surface area contributed by atoms with E-state index in [2.05, 4.69) is 9.47 Å². The van der Waals surface area contributed by atoms with E-state index in [-0.39, 0.29) is 0 Å². The third-order valence-electron chi connectivity index (χ3n) is 2.24. The van der Waals surface area contributed by atoms with Gasteiger partial charge in [0.05, 0.1) is 11.6 Å². The van der Waals surface area contributed by atoms with E-state index in [0.717, 1.165) is 0 Å². The monoisotopic (exact) mass is 501 g/mol. The highest BCUT2D eigenvalue weighted by atomic mass is 16.5. The maximum atomic E-state index is 8.29. The molecule has 0 aliphatic carbocycles. The van der Waals surface area contributed by atoms with Crippen LogP contribution in [0.3, 0.4) is 0 Å². The topological polar surface area (TPSA) is 42.2 Å². The van der Waals surface area contributed by atoms with Crippen molar-refractivity contribution in [2.75, 3.05) is 28.4 Å². The van der Waals surface area contributed by atoms with E-state index in [9.17, 15) is 0 Å². The largest absolute Gasteiger partial charge is 0.388 e. The molecule has 0 aliphatic heterocycles. The van der Waals surface area contributed by atoms with Gasteiger partial charge in [0.1, 0.15) is 0 Å². The summed E-state index contributed by atoms with van der Waals surface area (Å²) in [4.78, 5) is 0. The molecule has 0 unspecified atom stereocenters. The fourth-order valence-corrected chi connectivity index (χ4v) is 1.28. The molecule has 0 saturated heterocycles. The Morgan fingerprint density at radius 3 is 0.639 bits per heavy atom. The summed E-state index contributed by atoms with van der Waals surface area (Å²) in [7, 11) is 6.50. The van der Waals surface area contributed by atoms with Gasteiger partial charge in [-0.15, -0.1) is 0 Å². The number of hydrogen-bond acceptors (Lipinski definition) is 3. The Morgan fingerprint density at radius 1 is 0.389 bits per heavy atom. The molecule has 0 bridgehead atoms. The van der Waals surface area contributed by atoms with Crippen molar-refractivity contribution in [1.29, 1.82) is 5.26 Å². The molecule has 0 aromatic heterocycles. The van der Waals surface area contributed by atoms with Crippen LogP contribution in [0.2, 0.25) is 0 Å². The molecular formula is C33H59NO2. The van der Waals surface area contributed by atoms with E-state index in [4.69, 9.17) is 5.26 Å². The van der Waals surface area contributed by atoms with Crippen LogP contribution in [0, 0.1) is 11.3 Å². The molecule has 0 saturated carbocycles. The van der Waals surface area contributed by atoms with E-state index >= 15 is 0 Å². The van der Waals surface area contributed by atoms with Crippen LogP contribution in [0.25, 0.3) is 0 Å². The predicted octanol–water partition coefficient (Wildman–Crippen LogP) is 10.6. The molecule has 0 radical (unpaired) electrons. The standard InChI is InChI=1S/C7H5N.2C6H6.2C2H6O.5C2H6/c8-6-7-4-2-1-3-5-7;2*1-2-4-6-5-3-1;2*1-3-2;5*1-2/h1-5H;2*1-6H;2*1-2H3;5*1-2H3. The molecular weight excluding hydrogens is 442 g/mol. The van der Waals surface area contributed by atoms with Crippen LogP contribution >= 0.6 is 0 Å². The molecule has 0 amide bonds. The third kappa shape index (κ3) is 77.3. The van der Waals surface area contributed by atoms with E-state index in [0.29, 0.717) is 5.56 Å². The Hall–Kier alpha value is -2.93. The lowest BCUT2D eigenvalue weighted by Crippen LogP contribution is -1.66. The van der Waals surface area contributed by atoms with Gasteiger partial charge in [-0.2, -0.15) is 5.26 Å². The van der Waals surface area contributed by atoms with Gasteiger partial charge in [0.25, 0.3) is 0 Å². The minimum absolute atomic E-state index is 0.715. The molecule has 3 nitrogen and oxygen atoms in total. The smallest absolute Gasteiger partial charge is 0.0991 e. The molecule has 0 atom stereocenters. The summed E-state index contributed by atoms with van der Waals surface area (Å²) < 4.78 is 8.50. The van der Waals surface area contributed by atoms with Crippen LogP contribution in [-0.2, 0) is 9.47 Å². The van der Waals surface area contributed by atoms with Gasteiger partial charge in [-0.1, -0.05) is 160 Å². The van der Waals surface area contributed by atoms with Crippen molar-refractivity contribution >= 4 is 0 Å². The number of nitrogens with zero attached hydrogens (tertiary/aromatic N) is 1. The zero-order valence-corrected chi connectivity index (χ0v) is 26.1. The Balaban J connectivity index is -0.0000000553. The predicted molar refractivity (Wildman–Crippen MR) is 167 cm³/mol. The van der Waals surface area contributed by atoms with Crippen molar-refractivity contribution in [2.24, 2.45) is 0 Å². The molecule has 208 valence electrons. The van der Waals surface area contributed by atoms with E-state index < -0.39 is 0 Å². The van der Waals surface area contributed by atoms with Crippen molar-refractivity contribution in [3.63, 3.8) is 0 Å². The van der Waals surface area contributed by atoms with E-state index in [1.165, 1.54) is 0 Å². The first-order valence-electron chi connectivity index (χ1n) is 13.0. The lowest BCUT2D eigenvalue weighted by molar-refractivity contribution is 0.277. The molecule has 3 aromatic carbocycles. The molecule has 0 spiro atoms. The van der Waals surface area contributed by atoms with Gasteiger partial charge in [0.15, 0.2) is 0 Å². The van der Waals surface area contributed by atoms with Gasteiger partial charge >= 0.3 is 0 Å². The summed E-state index contributed by atoms with van der Waals surface area (Å²) >= 11 is 0. The number of hydrogen-bond donors (Lipinski definition) is 0. The Labute approximate surface area is 227 Å². The average molecular weight is 502 g/mol. The van der Waals surface area contributed by atoms with Crippen molar-refractivity contribution in [1.82, 2.24) is 0 Å². The summed E-state index contributed by atoms with van der Waals surface area (Å²) in [6.07, 6.45) is 0. The van der Waals surface area contributed by atoms with E-state index in [1.807, 2.05) is 166 Å². The SMILES string of the molecule is CC.CC.CC.CC.CC.COC.COC.N#Cc1ccccc1.c1ccccc1.c1ccccc1. The first kappa shape index (κ1) is 50.0. The number of methoxy groups -OCH3 is 2. The highest BCUT2D eigenvalue weighted by Crippen LogP contribution is 1.93. The Bertz CT molecular complexity index is 523. The van der Waals surface area contributed by atoms with Crippen LogP contribution in [0.4, 0.5) is 0 Å². The van der Waals surface area contributed by atoms with Gasteiger partial charge < -0.3 is 9.47 Å². The first-order valence-corrected chi connectivity index (χ1v) is 13.0. The van der Waals surface area contributed by atoms with Crippen LogP contribution < -0.4 is 0 Å². The Morgan fingerprint density at radius 2 is 0.528 bits per heavy atom. The maximum Gasteiger partial charge on any atom is 0.0991 e. The second-order valence-electron chi connectivity index (χ2n) is 4.60. The zero-order valence-electron chi connectivity index (χ0n) is 26.1. The zero-order chi connectivity index (χ0) is 29.7. The van der Waals surface area contributed by atoms with Crippen LogP contribution in [0.1, 0.15) is 74.8 Å². The van der Waals surface area contributed by atoms with Crippen LogP contribution in [0.5, 0.6) is 0 Å². The first-order chi connectivity index (χ1) is 17.8. The van der Waals surface area contributed by atoms with E-state index in [1.54, 1.807) is 40.6 Å². The maximum absolute atomic E-state index is 8.29. The molecule has 3 heteroatoms. The molecule has 36 heavy (non-hydrogen) atoms. The second-order valence-corrected chi connectivity index (χ2v) is 4.60. The van der Waals surface area contributed by atoms with Crippen LogP contribution in [-0.4, -0.2) is 28.4 Å². The normalized spacial score (nSPS) is 6.25. The molecule has 0 fully saturated rings.